The largest absolute Gasteiger partial charge is 0.496 e. The Morgan fingerprint density at radius 1 is 1.17 bits per heavy atom. The number of pyridine rings is 1. The monoisotopic (exact) mass is 431 g/mol. The van der Waals surface area contributed by atoms with Crippen molar-refractivity contribution < 1.29 is 17.7 Å². The summed E-state index contributed by atoms with van der Waals surface area (Å²) in [4.78, 5) is 4.54. The van der Waals surface area contributed by atoms with Crippen LogP contribution in [0, 0.1) is 0 Å². The van der Waals surface area contributed by atoms with E-state index in [2.05, 4.69) is 10.1 Å². The van der Waals surface area contributed by atoms with Crippen molar-refractivity contribution in [3.63, 3.8) is 0 Å². The van der Waals surface area contributed by atoms with E-state index < -0.39 is 10.0 Å². The molecule has 2 aromatic heterocycles. The van der Waals surface area contributed by atoms with E-state index >= 15 is 0 Å². The molecule has 0 amide bonds. The van der Waals surface area contributed by atoms with Crippen molar-refractivity contribution in [1.29, 1.82) is 0 Å². The fourth-order valence-electron chi connectivity index (χ4n) is 3.19. The highest BCUT2D eigenvalue weighted by atomic mass is 32.2. The number of hydrogen-bond acceptors (Lipinski definition) is 7. The molecule has 0 aliphatic carbocycles. The number of sulfonamides is 1. The van der Waals surface area contributed by atoms with Crippen molar-refractivity contribution >= 4 is 21.8 Å². The number of rotatable bonds is 7. The van der Waals surface area contributed by atoms with Gasteiger partial charge in [0.15, 0.2) is 0 Å². The molecule has 0 spiro atoms. The topological polar surface area (TPSA) is 85.5 Å². The Morgan fingerprint density at radius 2 is 1.97 bits per heavy atom. The molecule has 1 aromatic carbocycles. The van der Waals surface area contributed by atoms with Crippen LogP contribution in [0.1, 0.15) is 18.6 Å². The summed E-state index contributed by atoms with van der Waals surface area (Å²) < 4.78 is 37.4. The van der Waals surface area contributed by atoms with Crippen molar-refractivity contribution in [1.82, 2.24) is 14.4 Å². The fraction of sp³-hybridized carbons (Fsp3) is 0.300. The number of ether oxygens (including phenoxy) is 1. The van der Waals surface area contributed by atoms with Gasteiger partial charge in [-0.15, -0.1) is 0 Å². The predicted octanol–water partition coefficient (Wildman–Crippen LogP) is 3.82. The van der Waals surface area contributed by atoms with E-state index in [0.717, 1.165) is 29.2 Å². The van der Waals surface area contributed by atoms with Gasteiger partial charge in [0.05, 0.1) is 17.9 Å². The van der Waals surface area contributed by atoms with Crippen LogP contribution < -0.4 is 4.74 Å². The Kier molecular flexibility index (Phi) is 5.89. The van der Waals surface area contributed by atoms with Gasteiger partial charge < -0.3 is 9.26 Å². The third-order valence-corrected chi connectivity index (χ3v) is 7.56. The zero-order valence-corrected chi connectivity index (χ0v) is 17.6. The molecular weight excluding hydrogens is 410 g/mol. The summed E-state index contributed by atoms with van der Waals surface area (Å²) in [5, 5.41) is 4.85. The van der Waals surface area contributed by atoms with Gasteiger partial charge in [-0.1, -0.05) is 29.1 Å². The van der Waals surface area contributed by atoms with Gasteiger partial charge in [0.2, 0.25) is 10.0 Å². The lowest BCUT2D eigenvalue weighted by molar-refractivity contribution is 0.395. The number of para-hydroxylation sites is 1. The zero-order chi connectivity index (χ0) is 20.3. The van der Waals surface area contributed by atoms with E-state index in [1.165, 1.54) is 22.3 Å². The van der Waals surface area contributed by atoms with E-state index in [0.29, 0.717) is 30.3 Å². The normalized spacial score (nSPS) is 14.9. The van der Waals surface area contributed by atoms with E-state index in [1.54, 1.807) is 19.2 Å². The molecule has 1 fully saturated rings. The Hall–Kier alpha value is -2.36. The first-order chi connectivity index (χ1) is 14.1. The minimum atomic E-state index is -3.44. The van der Waals surface area contributed by atoms with Crippen LogP contribution in [0.4, 0.5) is 0 Å². The van der Waals surface area contributed by atoms with Gasteiger partial charge in [-0.3, -0.25) is 0 Å². The van der Waals surface area contributed by atoms with Crippen molar-refractivity contribution in [2.45, 2.75) is 28.5 Å². The molecule has 9 heteroatoms. The van der Waals surface area contributed by atoms with Crippen molar-refractivity contribution in [3.8, 4) is 17.0 Å². The van der Waals surface area contributed by atoms with Crippen LogP contribution in [-0.2, 0) is 15.8 Å². The highest BCUT2D eigenvalue weighted by molar-refractivity contribution is 7.98. The SMILES string of the molecule is COc1ccccc1-c1cc(CSc2ccc(S(=O)(=O)N3CCCC3)cn2)on1. The summed E-state index contributed by atoms with van der Waals surface area (Å²) in [5.74, 6) is 1.97. The Balaban J connectivity index is 1.42. The smallest absolute Gasteiger partial charge is 0.244 e. The molecule has 0 saturated carbocycles. The third kappa shape index (κ3) is 4.31. The molecule has 0 radical (unpaired) electrons. The van der Waals surface area contributed by atoms with E-state index in [4.69, 9.17) is 9.26 Å². The summed E-state index contributed by atoms with van der Waals surface area (Å²) >= 11 is 1.46. The van der Waals surface area contributed by atoms with Crippen LogP contribution in [-0.4, -0.2) is 43.1 Å². The molecule has 7 nitrogen and oxygen atoms in total. The molecule has 0 atom stereocenters. The number of nitrogens with zero attached hydrogens (tertiary/aromatic N) is 3. The van der Waals surface area contributed by atoms with Crippen LogP contribution in [0.5, 0.6) is 5.75 Å². The molecule has 3 heterocycles. The second-order valence-corrected chi connectivity index (χ2v) is 9.54. The third-order valence-electron chi connectivity index (χ3n) is 4.72. The van der Waals surface area contributed by atoms with E-state index in [9.17, 15) is 8.42 Å². The quantitative estimate of drug-likeness (QED) is 0.526. The first-order valence-corrected chi connectivity index (χ1v) is 11.7. The second-order valence-electron chi connectivity index (χ2n) is 6.61. The van der Waals surface area contributed by atoms with Gasteiger partial charge >= 0.3 is 0 Å². The van der Waals surface area contributed by atoms with E-state index in [1.807, 2.05) is 30.3 Å². The average molecular weight is 432 g/mol. The fourth-order valence-corrected chi connectivity index (χ4v) is 5.37. The Bertz CT molecular complexity index is 1080. The molecule has 3 aromatic rings. The minimum absolute atomic E-state index is 0.238. The molecule has 1 aliphatic rings. The van der Waals surface area contributed by atoms with Gasteiger partial charge in [0.25, 0.3) is 0 Å². The van der Waals surface area contributed by atoms with E-state index in [-0.39, 0.29) is 4.90 Å². The van der Waals surface area contributed by atoms with Crippen molar-refractivity contribution in [2.24, 2.45) is 0 Å². The maximum atomic E-state index is 12.6. The average Bonchev–Trinajstić information content (AvgIpc) is 3.45. The number of methoxy groups -OCH3 is 1. The first-order valence-electron chi connectivity index (χ1n) is 9.26. The summed E-state index contributed by atoms with van der Waals surface area (Å²) in [6, 6.07) is 12.8. The molecule has 4 rings (SSSR count). The van der Waals surface area contributed by atoms with Gasteiger partial charge in [-0.05, 0) is 37.1 Å². The Morgan fingerprint density at radius 3 is 2.69 bits per heavy atom. The molecule has 0 unspecified atom stereocenters. The van der Waals surface area contributed by atoms with Crippen molar-refractivity contribution in [2.75, 3.05) is 20.2 Å². The van der Waals surface area contributed by atoms with Gasteiger partial charge in [0, 0.05) is 30.9 Å². The molecule has 29 heavy (non-hydrogen) atoms. The minimum Gasteiger partial charge on any atom is -0.496 e. The molecule has 0 N–H and O–H groups in total. The van der Waals surface area contributed by atoms with Crippen LogP contribution in [0.15, 0.2) is 63.1 Å². The lowest BCUT2D eigenvalue weighted by Crippen LogP contribution is -2.27. The highest BCUT2D eigenvalue weighted by Crippen LogP contribution is 2.31. The number of aromatic nitrogens is 2. The molecule has 1 saturated heterocycles. The highest BCUT2D eigenvalue weighted by Gasteiger charge is 2.27. The molecular formula is C20H21N3O4S2. The van der Waals surface area contributed by atoms with Crippen LogP contribution >= 0.6 is 11.8 Å². The summed E-state index contributed by atoms with van der Waals surface area (Å²) in [6.45, 7) is 1.16. The maximum absolute atomic E-state index is 12.6. The predicted molar refractivity (Wildman–Crippen MR) is 110 cm³/mol. The second kappa shape index (κ2) is 8.56. The Labute approximate surface area is 174 Å². The van der Waals surface area contributed by atoms with Crippen molar-refractivity contribution in [3.05, 3.63) is 54.4 Å². The van der Waals surface area contributed by atoms with Crippen LogP contribution in [0.25, 0.3) is 11.3 Å². The number of benzene rings is 1. The van der Waals surface area contributed by atoms with Gasteiger partial charge in [-0.25, -0.2) is 13.4 Å². The summed E-state index contributed by atoms with van der Waals surface area (Å²) in [5.41, 5.74) is 1.57. The standard InChI is InChI=1S/C20H21N3O4S2/c1-26-19-7-3-2-6-17(19)18-12-15(27-22-18)14-28-20-9-8-16(13-21-20)29(24,25)23-10-4-5-11-23/h2-3,6-9,12-13H,4-5,10-11,14H2,1H3. The van der Waals surface area contributed by atoms with Crippen LogP contribution in [0.3, 0.4) is 0 Å². The molecule has 0 bridgehead atoms. The zero-order valence-electron chi connectivity index (χ0n) is 15.9. The lowest BCUT2D eigenvalue weighted by atomic mass is 10.1. The lowest BCUT2D eigenvalue weighted by Gasteiger charge is -2.15. The van der Waals surface area contributed by atoms with Gasteiger partial charge in [-0.2, -0.15) is 4.31 Å². The maximum Gasteiger partial charge on any atom is 0.244 e. The first kappa shape index (κ1) is 19.9. The summed E-state index contributed by atoms with van der Waals surface area (Å²) in [6.07, 6.45) is 3.25. The van der Waals surface area contributed by atoms with Crippen LogP contribution in [0.2, 0.25) is 0 Å². The molecule has 152 valence electrons. The number of thioether (sulfide) groups is 1. The summed E-state index contributed by atoms with van der Waals surface area (Å²) in [7, 11) is -1.82. The number of hydrogen-bond donors (Lipinski definition) is 0. The van der Waals surface area contributed by atoms with Gasteiger partial charge in [0.1, 0.15) is 22.1 Å². The molecule has 1 aliphatic heterocycles.